The van der Waals surface area contributed by atoms with Crippen LogP contribution in [0.3, 0.4) is 0 Å². The first-order valence-electron chi connectivity index (χ1n) is 11.2. The van der Waals surface area contributed by atoms with Crippen molar-refractivity contribution in [2.24, 2.45) is 0 Å². The molecule has 0 radical (unpaired) electrons. The van der Waals surface area contributed by atoms with E-state index in [1.54, 1.807) is 0 Å². The molecule has 3 rings (SSSR count). The lowest BCUT2D eigenvalue weighted by Gasteiger charge is -2.26. The zero-order valence-electron chi connectivity index (χ0n) is 18.8. The summed E-state index contributed by atoms with van der Waals surface area (Å²) in [5, 5.41) is 0. The molecule has 0 aliphatic heterocycles. The highest BCUT2D eigenvalue weighted by Crippen LogP contribution is 2.30. The number of hydrogen-bond acceptors (Lipinski definition) is 2. The second-order valence-electron chi connectivity index (χ2n) is 8.14. The monoisotopic (exact) mass is 415 g/mol. The van der Waals surface area contributed by atoms with Gasteiger partial charge >= 0.3 is 0 Å². The summed E-state index contributed by atoms with van der Waals surface area (Å²) in [6, 6.07) is 29.2. The van der Waals surface area contributed by atoms with Crippen LogP contribution in [-0.4, -0.2) is 23.5 Å². The molecule has 0 heterocycles. The predicted octanol–water partition coefficient (Wildman–Crippen LogP) is 6.43. The number of hydrogen-bond donors (Lipinski definition) is 0. The number of ether oxygens (including phenoxy) is 1. The first-order chi connectivity index (χ1) is 15.1. The fourth-order valence-electron chi connectivity index (χ4n) is 3.87. The van der Waals surface area contributed by atoms with Crippen molar-refractivity contribution < 1.29 is 9.53 Å². The van der Waals surface area contributed by atoms with Crippen molar-refractivity contribution in [3.05, 3.63) is 102 Å². The Bertz CT molecular complexity index is 920. The molecule has 3 nitrogen and oxygen atoms in total. The minimum atomic E-state index is 0.155. The Balaban J connectivity index is 1.80. The van der Waals surface area contributed by atoms with Gasteiger partial charge in [-0.15, -0.1) is 0 Å². The molecule has 0 aliphatic carbocycles. The Morgan fingerprint density at radius 2 is 1.42 bits per heavy atom. The van der Waals surface area contributed by atoms with Crippen molar-refractivity contribution in [3.8, 4) is 5.75 Å². The highest BCUT2D eigenvalue weighted by molar-refractivity contribution is 5.75. The molecule has 0 N–H and O–H groups in total. The zero-order valence-corrected chi connectivity index (χ0v) is 18.8. The summed E-state index contributed by atoms with van der Waals surface area (Å²) in [4.78, 5) is 14.6. The minimum Gasteiger partial charge on any atom is -0.491 e. The van der Waals surface area contributed by atoms with E-state index in [0.29, 0.717) is 19.5 Å². The van der Waals surface area contributed by atoms with E-state index in [-0.39, 0.29) is 17.9 Å². The Morgan fingerprint density at radius 3 is 2.00 bits per heavy atom. The van der Waals surface area contributed by atoms with E-state index in [1.807, 2.05) is 62.1 Å². The third kappa shape index (κ3) is 6.71. The molecule has 0 aromatic heterocycles. The molecule has 3 aromatic carbocycles. The van der Waals surface area contributed by atoms with Crippen LogP contribution in [0.5, 0.6) is 5.75 Å². The number of carbonyl (C=O) groups is 1. The van der Waals surface area contributed by atoms with Gasteiger partial charge in [-0.2, -0.15) is 0 Å². The molecule has 0 saturated carbocycles. The van der Waals surface area contributed by atoms with Crippen molar-refractivity contribution >= 4 is 5.91 Å². The van der Waals surface area contributed by atoms with Crippen molar-refractivity contribution in [1.29, 1.82) is 0 Å². The summed E-state index contributed by atoms with van der Waals surface area (Å²) in [5.74, 6) is 1.30. The smallest absolute Gasteiger partial charge is 0.222 e. The van der Waals surface area contributed by atoms with Crippen LogP contribution in [0.25, 0.3) is 0 Å². The summed E-state index contributed by atoms with van der Waals surface area (Å²) in [7, 11) is 0. The molecule has 0 unspecified atom stereocenters. The van der Waals surface area contributed by atoms with Crippen LogP contribution in [0, 0.1) is 0 Å². The van der Waals surface area contributed by atoms with E-state index in [9.17, 15) is 4.79 Å². The molecule has 3 aromatic rings. The second-order valence-corrected chi connectivity index (χ2v) is 8.14. The molecular formula is C28H33NO2. The topological polar surface area (TPSA) is 29.5 Å². The van der Waals surface area contributed by atoms with E-state index in [4.69, 9.17) is 4.74 Å². The van der Waals surface area contributed by atoms with Crippen molar-refractivity contribution in [2.45, 2.75) is 52.2 Å². The maximum atomic E-state index is 12.7. The molecule has 1 atom stereocenters. The highest BCUT2D eigenvalue weighted by Gasteiger charge is 2.19. The number of nitrogens with zero attached hydrogens (tertiary/aromatic N) is 1. The first-order valence-corrected chi connectivity index (χ1v) is 11.2. The van der Waals surface area contributed by atoms with Gasteiger partial charge < -0.3 is 9.64 Å². The maximum Gasteiger partial charge on any atom is 0.222 e. The molecular weight excluding hydrogens is 382 g/mol. The molecule has 0 spiro atoms. The van der Waals surface area contributed by atoms with E-state index < -0.39 is 0 Å². The number of amides is 1. The lowest BCUT2D eigenvalue weighted by Crippen LogP contribution is -2.31. The molecule has 0 saturated heterocycles. The van der Waals surface area contributed by atoms with Gasteiger partial charge in [-0.25, -0.2) is 0 Å². The highest BCUT2D eigenvalue weighted by atomic mass is 16.5. The fourth-order valence-corrected chi connectivity index (χ4v) is 3.87. The van der Waals surface area contributed by atoms with Gasteiger partial charge in [0.05, 0.1) is 6.10 Å². The molecule has 1 amide bonds. The maximum absolute atomic E-state index is 12.7. The molecule has 0 bridgehead atoms. The van der Waals surface area contributed by atoms with Gasteiger partial charge in [-0.1, -0.05) is 79.7 Å². The van der Waals surface area contributed by atoms with Crippen molar-refractivity contribution in [1.82, 2.24) is 4.90 Å². The van der Waals surface area contributed by atoms with Gasteiger partial charge in [-0.3, -0.25) is 4.79 Å². The fraction of sp³-hybridized carbons (Fsp3) is 0.321. The van der Waals surface area contributed by atoms with Crippen LogP contribution in [0.2, 0.25) is 0 Å². The van der Waals surface area contributed by atoms with E-state index >= 15 is 0 Å². The number of carbonyl (C=O) groups excluding carboxylic acids is 1. The second kappa shape index (κ2) is 11.4. The Labute approximate surface area is 186 Å². The Morgan fingerprint density at radius 1 is 0.839 bits per heavy atom. The van der Waals surface area contributed by atoms with Crippen LogP contribution in [0.4, 0.5) is 0 Å². The third-order valence-electron chi connectivity index (χ3n) is 5.42. The van der Waals surface area contributed by atoms with Gasteiger partial charge in [0.15, 0.2) is 0 Å². The summed E-state index contributed by atoms with van der Waals surface area (Å²) in [5.41, 5.74) is 3.67. The molecule has 0 aliphatic rings. The summed E-state index contributed by atoms with van der Waals surface area (Å²) in [6.07, 6.45) is 1.54. The first kappa shape index (κ1) is 22.6. The minimum absolute atomic E-state index is 0.155. The lowest BCUT2D eigenvalue weighted by atomic mass is 9.88. The predicted molar refractivity (Wildman–Crippen MR) is 127 cm³/mol. The molecule has 162 valence electrons. The van der Waals surface area contributed by atoms with Crippen LogP contribution >= 0.6 is 0 Å². The van der Waals surface area contributed by atoms with Gasteiger partial charge in [0.1, 0.15) is 5.75 Å². The van der Waals surface area contributed by atoms with E-state index in [0.717, 1.165) is 17.7 Å². The Hall–Kier alpha value is -3.07. The summed E-state index contributed by atoms with van der Waals surface area (Å²) < 4.78 is 5.81. The molecule has 31 heavy (non-hydrogen) atoms. The van der Waals surface area contributed by atoms with Crippen LogP contribution in [0.1, 0.15) is 56.2 Å². The van der Waals surface area contributed by atoms with E-state index in [1.165, 1.54) is 11.1 Å². The van der Waals surface area contributed by atoms with Crippen molar-refractivity contribution in [2.75, 3.05) is 6.54 Å². The summed E-state index contributed by atoms with van der Waals surface area (Å²) in [6.45, 7) is 7.36. The average molecular weight is 416 g/mol. The van der Waals surface area contributed by atoms with Crippen LogP contribution < -0.4 is 4.74 Å². The van der Waals surface area contributed by atoms with Gasteiger partial charge in [0.25, 0.3) is 0 Å². The largest absolute Gasteiger partial charge is 0.491 e. The number of rotatable bonds is 10. The quantitative estimate of drug-likeness (QED) is 0.382. The Kier molecular flexibility index (Phi) is 8.28. The van der Waals surface area contributed by atoms with Gasteiger partial charge in [0, 0.05) is 25.4 Å². The average Bonchev–Trinajstić information content (AvgIpc) is 2.80. The third-order valence-corrected chi connectivity index (χ3v) is 5.42. The lowest BCUT2D eigenvalue weighted by molar-refractivity contribution is -0.131. The standard InChI is InChI=1S/C28H33NO2/c1-4-28(30)29(21-23-11-7-5-8-12-23)20-19-27(24-13-9-6-10-14-24)25-15-17-26(18-16-25)31-22(2)3/h5-18,22,27H,4,19-21H2,1-3H3/t27-/m0/s1. The SMILES string of the molecule is CCC(=O)N(CC[C@@H](c1ccccc1)c1ccc(OC(C)C)cc1)Cc1ccccc1. The van der Waals surface area contributed by atoms with E-state index in [2.05, 4.69) is 48.5 Å². The summed E-state index contributed by atoms with van der Waals surface area (Å²) >= 11 is 0. The molecule has 0 fully saturated rings. The van der Waals surface area contributed by atoms with Gasteiger partial charge in [0.2, 0.25) is 5.91 Å². The van der Waals surface area contributed by atoms with Crippen LogP contribution in [-0.2, 0) is 11.3 Å². The van der Waals surface area contributed by atoms with Crippen molar-refractivity contribution in [3.63, 3.8) is 0 Å². The normalized spacial score (nSPS) is 11.9. The number of benzene rings is 3. The molecule has 3 heteroatoms. The van der Waals surface area contributed by atoms with Gasteiger partial charge in [-0.05, 0) is 49.1 Å². The van der Waals surface area contributed by atoms with Crippen LogP contribution in [0.15, 0.2) is 84.9 Å². The zero-order chi connectivity index (χ0) is 22.1.